The first-order chi connectivity index (χ1) is 12.5. The zero-order chi connectivity index (χ0) is 18.5. The van der Waals surface area contributed by atoms with E-state index in [-0.39, 0.29) is 5.91 Å². The molecule has 1 aliphatic rings. The lowest BCUT2D eigenvalue weighted by Gasteiger charge is -2.30. The zero-order valence-corrected chi connectivity index (χ0v) is 15.1. The van der Waals surface area contributed by atoms with Gasteiger partial charge in [0.1, 0.15) is 0 Å². The minimum absolute atomic E-state index is 0.211. The summed E-state index contributed by atoms with van der Waals surface area (Å²) in [4.78, 5) is 27.4. The summed E-state index contributed by atoms with van der Waals surface area (Å²) in [7, 11) is 0. The molecule has 1 amide bonds. The summed E-state index contributed by atoms with van der Waals surface area (Å²) in [5.41, 5.74) is 3.08. The first kappa shape index (κ1) is 18.1. The molecule has 2 aromatic rings. The van der Waals surface area contributed by atoms with Crippen molar-refractivity contribution in [1.29, 1.82) is 0 Å². The van der Waals surface area contributed by atoms with Gasteiger partial charge >= 0.3 is 5.97 Å². The van der Waals surface area contributed by atoms with Crippen molar-refractivity contribution in [2.24, 2.45) is 0 Å². The average molecular weight is 353 g/mol. The Morgan fingerprint density at radius 3 is 2.23 bits per heavy atom. The molecule has 5 heteroatoms. The third kappa shape index (κ3) is 4.29. The predicted octanol–water partition coefficient (Wildman–Crippen LogP) is 3.06. The number of nitrogens with zero attached hydrogens (tertiary/aromatic N) is 1. The van der Waals surface area contributed by atoms with Crippen LogP contribution < -0.4 is 0 Å². The second kappa shape index (κ2) is 8.15. The van der Waals surface area contributed by atoms with Gasteiger partial charge in [-0.1, -0.05) is 47.5 Å². The number of morpholine rings is 1. The highest BCUT2D eigenvalue weighted by Gasteiger charge is 2.30. The molecule has 0 radical (unpaired) electrons. The summed E-state index contributed by atoms with van der Waals surface area (Å²) in [6.45, 7) is 5.86. The normalized spacial score (nSPS) is 15.4. The van der Waals surface area contributed by atoms with E-state index in [4.69, 9.17) is 9.47 Å². The van der Waals surface area contributed by atoms with Gasteiger partial charge in [0.05, 0.1) is 18.8 Å². The van der Waals surface area contributed by atoms with Crippen LogP contribution in [0, 0.1) is 13.8 Å². The highest BCUT2D eigenvalue weighted by Crippen LogP contribution is 2.23. The number of carbonyl (C=O) groups excluding carboxylic acids is 2. The maximum Gasteiger partial charge on any atom is 0.339 e. The highest BCUT2D eigenvalue weighted by molar-refractivity contribution is 5.93. The molecule has 0 unspecified atom stereocenters. The SMILES string of the molecule is Cc1cc(C)cc(C(=O)O[C@@H](C(=O)N2CCOCC2)c2ccccc2)c1. The van der Waals surface area contributed by atoms with E-state index in [9.17, 15) is 9.59 Å². The smallest absolute Gasteiger partial charge is 0.339 e. The summed E-state index contributed by atoms with van der Waals surface area (Å²) < 4.78 is 11.0. The van der Waals surface area contributed by atoms with Crippen molar-refractivity contribution < 1.29 is 19.1 Å². The summed E-state index contributed by atoms with van der Waals surface area (Å²) in [6, 6.07) is 14.7. The summed E-state index contributed by atoms with van der Waals surface area (Å²) in [5, 5.41) is 0. The Kier molecular flexibility index (Phi) is 5.68. The first-order valence-electron chi connectivity index (χ1n) is 8.75. The van der Waals surface area contributed by atoms with Crippen LogP contribution in [0.4, 0.5) is 0 Å². The van der Waals surface area contributed by atoms with Gasteiger partial charge in [-0.25, -0.2) is 4.79 Å². The summed E-state index contributed by atoms with van der Waals surface area (Å²) in [6.07, 6.45) is -0.956. The first-order valence-corrected chi connectivity index (χ1v) is 8.75. The van der Waals surface area contributed by atoms with Crippen molar-refractivity contribution in [2.75, 3.05) is 26.3 Å². The number of amides is 1. The van der Waals surface area contributed by atoms with Crippen molar-refractivity contribution in [2.45, 2.75) is 20.0 Å². The maximum atomic E-state index is 13.0. The van der Waals surface area contributed by atoms with Gasteiger partial charge in [-0.15, -0.1) is 0 Å². The molecular weight excluding hydrogens is 330 g/mol. The lowest BCUT2D eigenvalue weighted by molar-refractivity contribution is -0.145. The lowest BCUT2D eigenvalue weighted by Crippen LogP contribution is -2.44. The quantitative estimate of drug-likeness (QED) is 0.793. The molecule has 1 atom stereocenters. The zero-order valence-electron chi connectivity index (χ0n) is 15.1. The highest BCUT2D eigenvalue weighted by atomic mass is 16.5. The molecule has 0 aliphatic carbocycles. The van der Waals surface area contributed by atoms with Gasteiger partial charge in [0.15, 0.2) is 0 Å². The standard InChI is InChI=1S/C21H23NO4/c1-15-12-16(2)14-18(13-15)21(24)26-19(17-6-4-3-5-7-17)20(23)22-8-10-25-11-9-22/h3-7,12-14,19H,8-11H2,1-2H3/t19-/m1/s1. The van der Waals surface area contributed by atoms with Gasteiger partial charge in [0, 0.05) is 18.7 Å². The number of aryl methyl sites for hydroxylation is 2. The van der Waals surface area contributed by atoms with Crippen LogP contribution in [0.1, 0.15) is 33.2 Å². The second-order valence-electron chi connectivity index (χ2n) is 6.51. The fourth-order valence-corrected chi connectivity index (χ4v) is 3.11. The second-order valence-corrected chi connectivity index (χ2v) is 6.51. The number of hydrogen-bond acceptors (Lipinski definition) is 4. The third-order valence-corrected chi connectivity index (χ3v) is 4.33. The van der Waals surface area contributed by atoms with E-state index in [2.05, 4.69) is 0 Å². The van der Waals surface area contributed by atoms with Crippen molar-refractivity contribution in [1.82, 2.24) is 4.90 Å². The number of hydrogen-bond donors (Lipinski definition) is 0. The van der Waals surface area contributed by atoms with Gasteiger partial charge in [0.25, 0.3) is 5.91 Å². The molecule has 1 fully saturated rings. The minimum atomic E-state index is -0.956. The Balaban J connectivity index is 1.85. The van der Waals surface area contributed by atoms with E-state index in [0.717, 1.165) is 11.1 Å². The third-order valence-electron chi connectivity index (χ3n) is 4.33. The van der Waals surface area contributed by atoms with Gasteiger partial charge in [-0.2, -0.15) is 0 Å². The van der Waals surface area contributed by atoms with E-state index in [1.165, 1.54) is 0 Å². The molecule has 1 aliphatic heterocycles. The molecule has 0 bridgehead atoms. The molecule has 1 saturated heterocycles. The van der Waals surface area contributed by atoms with Gasteiger partial charge < -0.3 is 14.4 Å². The van der Waals surface area contributed by atoms with Crippen LogP contribution in [0.2, 0.25) is 0 Å². The average Bonchev–Trinajstić information content (AvgIpc) is 2.66. The van der Waals surface area contributed by atoms with Gasteiger partial charge in [-0.05, 0) is 26.0 Å². The summed E-state index contributed by atoms with van der Waals surface area (Å²) in [5.74, 6) is -0.704. The van der Waals surface area contributed by atoms with Crippen LogP contribution in [0.5, 0.6) is 0 Å². The number of benzene rings is 2. The van der Waals surface area contributed by atoms with Crippen LogP contribution in [-0.4, -0.2) is 43.1 Å². The lowest BCUT2D eigenvalue weighted by atomic mass is 10.1. The van der Waals surface area contributed by atoms with Crippen LogP contribution in [0.25, 0.3) is 0 Å². The van der Waals surface area contributed by atoms with Crippen LogP contribution in [-0.2, 0) is 14.3 Å². The van der Waals surface area contributed by atoms with E-state index < -0.39 is 12.1 Å². The number of ether oxygens (including phenoxy) is 2. The van der Waals surface area contributed by atoms with E-state index >= 15 is 0 Å². The Morgan fingerprint density at radius 1 is 1.00 bits per heavy atom. The van der Waals surface area contributed by atoms with E-state index in [1.54, 1.807) is 29.2 Å². The van der Waals surface area contributed by atoms with Gasteiger partial charge in [0.2, 0.25) is 6.10 Å². The minimum Gasteiger partial charge on any atom is -0.444 e. The fourth-order valence-electron chi connectivity index (χ4n) is 3.11. The van der Waals surface area contributed by atoms with E-state index in [1.807, 2.05) is 38.1 Å². The van der Waals surface area contributed by atoms with Crippen molar-refractivity contribution in [3.05, 3.63) is 70.8 Å². The Bertz CT molecular complexity index is 762. The fraction of sp³-hybridized carbons (Fsp3) is 0.333. The van der Waals surface area contributed by atoms with Gasteiger partial charge in [-0.3, -0.25) is 4.79 Å². The molecule has 136 valence electrons. The van der Waals surface area contributed by atoms with Crippen molar-refractivity contribution >= 4 is 11.9 Å². The van der Waals surface area contributed by atoms with E-state index in [0.29, 0.717) is 37.4 Å². The predicted molar refractivity (Wildman–Crippen MR) is 97.9 cm³/mol. The van der Waals surface area contributed by atoms with Crippen LogP contribution in [0.15, 0.2) is 48.5 Å². The molecule has 0 aromatic heterocycles. The topological polar surface area (TPSA) is 55.8 Å². The monoisotopic (exact) mass is 353 g/mol. The molecule has 5 nitrogen and oxygen atoms in total. The van der Waals surface area contributed by atoms with Crippen molar-refractivity contribution in [3.8, 4) is 0 Å². The Labute approximate surface area is 153 Å². The van der Waals surface area contributed by atoms with Crippen molar-refractivity contribution in [3.63, 3.8) is 0 Å². The number of esters is 1. The molecule has 0 spiro atoms. The molecule has 3 rings (SSSR count). The molecular formula is C21H23NO4. The number of carbonyl (C=O) groups is 2. The largest absolute Gasteiger partial charge is 0.444 e. The summed E-state index contributed by atoms with van der Waals surface area (Å²) >= 11 is 0. The number of rotatable bonds is 4. The molecule has 26 heavy (non-hydrogen) atoms. The molecule has 2 aromatic carbocycles. The Hall–Kier alpha value is -2.66. The van der Waals surface area contributed by atoms with Crippen LogP contribution >= 0.6 is 0 Å². The van der Waals surface area contributed by atoms with Crippen LogP contribution in [0.3, 0.4) is 0 Å². The maximum absolute atomic E-state index is 13.0. The molecule has 1 heterocycles. The Morgan fingerprint density at radius 2 is 1.62 bits per heavy atom. The molecule has 0 N–H and O–H groups in total. The molecule has 0 saturated carbocycles.